The van der Waals surface area contributed by atoms with E-state index in [1.54, 1.807) is 0 Å². The number of Topliss-reactive ketones (excluding diaryl/α,β-unsaturated/α-hetero) is 1. The second kappa shape index (κ2) is 10.7. The fourth-order valence-electron chi connectivity index (χ4n) is 1.16. The molecule has 0 unspecified atom stereocenters. The number of unbranched alkanes of at least 4 members (excludes halogenated alkanes) is 1. The highest BCUT2D eigenvalue weighted by Gasteiger charge is 1.97. The molecule has 0 aromatic carbocycles. The molecular weight excluding hydrogens is 178 g/mol. The van der Waals surface area contributed by atoms with E-state index in [1.165, 1.54) is 0 Å². The summed E-state index contributed by atoms with van der Waals surface area (Å²) in [4.78, 5) is 10.9. The van der Waals surface area contributed by atoms with Gasteiger partial charge in [0.05, 0.1) is 0 Å². The van der Waals surface area contributed by atoms with E-state index in [0.717, 1.165) is 45.4 Å². The number of ketones is 1. The number of carbonyl (C=O) groups is 1. The maximum atomic E-state index is 10.9. The van der Waals surface area contributed by atoms with E-state index >= 15 is 0 Å². The Kier molecular flexibility index (Phi) is 10.4. The van der Waals surface area contributed by atoms with Crippen molar-refractivity contribution in [3.63, 3.8) is 0 Å². The normalized spacial score (nSPS) is 10.4. The van der Waals surface area contributed by atoms with Crippen molar-refractivity contribution < 1.29 is 9.53 Å². The van der Waals surface area contributed by atoms with E-state index in [1.807, 2.05) is 14.0 Å². The quantitative estimate of drug-likeness (QED) is 0.547. The monoisotopic (exact) mass is 201 g/mol. The molecule has 1 N–H and O–H groups in total. The van der Waals surface area contributed by atoms with Gasteiger partial charge in [-0.3, -0.25) is 4.79 Å². The van der Waals surface area contributed by atoms with Gasteiger partial charge in [-0.15, -0.1) is 0 Å². The van der Waals surface area contributed by atoms with Crippen molar-refractivity contribution in [2.24, 2.45) is 0 Å². The molecule has 0 saturated carbocycles. The predicted octanol–water partition coefficient (Wildman–Crippen LogP) is 1.76. The van der Waals surface area contributed by atoms with Crippen molar-refractivity contribution in [1.82, 2.24) is 5.32 Å². The van der Waals surface area contributed by atoms with E-state index in [2.05, 4.69) is 5.32 Å². The molecule has 84 valence electrons. The Bertz CT molecular complexity index is 137. The molecule has 14 heavy (non-hydrogen) atoms. The van der Waals surface area contributed by atoms with Crippen LogP contribution in [0.2, 0.25) is 0 Å². The van der Waals surface area contributed by atoms with Crippen molar-refractivity contribution in [3.05, 3.63) is 0 Å². The van der Waals surface area contributed by atoms with Crippen molar-refractivity contribution in [2.75, 3.05) is 26.8 Å². The van der Waals surface area contributed by atoms with Crippen molar-refractivity contribution in [3.8, 4) is 0 Å². The van der Waals surface area contributed by atoms with Crippen LogP contribution >= 0.6 is 0 Å². The van der Waals surface area contributed by atoms with Gasteiger partial charge in [-0.1, -0.05) is 6.92 Å². The molecule has 3 heteroatoms. The van der Waals surface area contributed by atoms with Crippen LogP contribution < -0.4 is 5.32 Å². The first kappa shape index (κ1) is 13.6. The lowest BCUT2D eigenvalue weighted by molar-refractivity contribution is -0.118. The SMILES string of the molecule is CCC(=O)CCCCOCCCNC. The molecule has 0 aliphatic heterocycles. The minimum atomic E-state index is 0.361. The zero-order valence-electron chi connectivity index (χ0n) is 9.47. The fourth-order valence-corrected chi connectivity index (χ4v) is 1.16. The third-order valence-corrected chi connectivity index (χ3v) is 2.10. The first-order valence-electron chi connectivity index (χ1n) is 5.55. The van der Waals surface area contributed by atoms with Gasteiger partial charge >= 0.3 is 0 Å². The lowest BCUT2D eigenvalue weighted by atomic mass is 10.1. The number of ether oxygens (including phenoxy) is 1. The van der Waals surface area contributed by atoms with Crippen LogP contribution in [0.1, 0.15) is 39.0 Å². The van der Waals surface area contributed by atoms with Crippen LogP contribution in [0.3, 0.4) is 0 Å². The molecule has 0 spiro atoms. The van der Waals surface area contributed by atoms with Crippen LogP contribution in [0.5, 0.6) is 0 Å². The molecule has 3 nitrogen and oxygen atoms in total. The van der Waals surface area contributed by atoms with Crippen molar-refractivity contribution >= 4 is 5.78 Å². The Labute approximate surface area is 87.2 Å². The molecule has 0 bridgehead atoms. The summed E-state index contributed by atoms with van der Waals surface area (Å²) in [5.41, 5.74) is 0. The summed E-state index contributed by atoms with van der Waals surface area (Å²) in [5.74, 6) is 0.361. The smallest absolute Gasteiger partial charge is 0.132 e. The van der Waals surface area contributed by atoms with Crippen molar-refractivity contribution in [1.29, 1.82) is 0 Å². The first-order valence-corrected chi connectivity index (χ1v) is 5.55. The number of hydrogen-bond acceptors (Lipinski definition) is 3. The maximum Gasteiger partial charge on any atom is 0.132 e. The Balaban J connectivity index is 2.95. The Morgan fingerprint density at radius 2 is 1.93 bits per heavy atom. The average Bonchev–Trinajstić information content (AvgIpc) is 2.21. The van der Waals surface area contributed by atoms with Gasteiger partial charge in [-0.2, -0.15) is 0 Å². The van der Waals surface area contributed by atoms with Crippen molar-refractivity contribution in [2.45, 2.75) is 39.0 Å². The summed E-state index contributed by atoms with van der Waals surface area (Å²) in [7, 11) is 1.94. The first-order chi connectivity index (χ1) is 6.81. The van der Waals surface area contributed by atoms with Gasteiger partial charge in [-0.05, 0) is 32.9 Å². The number of nitrogens with one attached hydrogen (secondary N) is 1. The number of hydrogen-bond donors (Lipinski definition) is 1. The zero-order chi connectivity index (χ0) is 10.6. The molecule has 0 saturated heterocycles. The minimum absolute atomic E-state index is 0.361. The lowest BCUT2D eigenvalue weighted by Gasteiger charge is -2.03. The van der Waals surface area contributed by atoms with E-state index in [9.17, 15) is 4.79 Å². The molecule has 0 aromatic rings. The topological polar surface area (TPSA) is 38.3 Å². The summed E-state index contributed by atoms with van der Waals surface area (Å²) in [5, 5.41) is 3.07. The molecule has 0 aromatic heterocycles. The molecule has 0 aliphatic carbocycles. The van der Waals surface area contributed by atoms with Gasteiger partial charge in [0.2, 0.25) is 0 Å². The number of rotatable bonds is 10. The van der Waals surface area contributed by atoms with Crippen LogP contribution in [0, 0.1) is 0 Å². The summed E-state index contributed by atoms with van der Waals surface area (Å²) in [6.07, 6.45) is 4.42. The van der Waals surface area contributed by atoms with E-state index < -0.39 is 0 Å². The van der Waals surface area contributed by atoms with Gasteiger partial charge in [0.15, 0.2) is 0 Å². The third-order valence-electron chi connectivity index (χ3n) is 2.10. The Morgan fingerprint density at radius 3 is 2.57 bits per heavy atom. The highest BCUT2D eigenvalue weighted by Crippen LogP contribution is 1.99. The summed E-state index contributed by atoms with van der Waals surface area (Å²) in [6, 6.07) is 0. The molecule has 0 rings (SSSR count). The number of carbonyl (C=O) groups excluding carboxylic acids is 1. The molecule has 0 amide bonds. The summed E-state index contributed by atoms with van der Waals surface area (Å²) >= 11 is 0. The van der Waals surface area contributed by atoms with E-state index in [0.29, 0.717) is 12.2 Å². The Hall–Kier alpha value is -0.410. The molecule has 0 atom stereocenters. The van der Waals surface area contributed by atoms with Gasteiger partial charge in [0.1, 0.15) is 5.78 Å². The molecular formula is C11H23NO2. The van der Waals surface area contributed by atoms with Crippen LogP contribution in [0.4, 0.5) is 0 Å². The standard InChI is InChI=1S/C11H23NO2/c1-3-11(13)7-4-5-9-14-10-6-8-12-2/h12H,3-10H2,1-2H3. The largest absolute Gasteiger partial charge is 0.381 e. The molecule has 0 heterocycles. The van der Waals surface area contributed by atoms with E-state index in [4.69, 9.17) is 4.74 Å². The van der Waals surface area contributed by atoms with E-state index in [-0.39, 0.29) is 0 Å². The highest BCUT2D eigenvalue weighted by atomic mass is 16.5. The minimum Gasteiger partial charge on any atom is -0.381 e. The zero-order valence-corrected chi connectivity index (χ0v) is 9.47. The second-order valence-electron chi connectivity index (χ2n) is 3.42. The van der Waals surface area contributed by atoms with Gasteiger partial charge in [0, 0.05) is 26.1 Å². The van der Waals surface area contributed by atoms with Gasteiger partial charge < -0.3 is 10.1 Å². The van der Waals surface area contributed by atoms with Gasteiger partial charge in [0.25, 0.3) is 0 Å². The van der Waals surface area contributed by atoms with Crippen LogP contribution in [-0.4, -0.2) is 32.6 Å². The summed E-state index contributed by atoms with van der Waals surface area (Å²) < 4.78 is 5.40. The predicted molar refractivity (Wildman–Crippen MR) is 58.5 cm³/mol. The van der Waals surface area contributed by atoms with Crippen LogP contribution in [0.15, 0.2) is 0 Å². The van der Waals surface area contributed by atoms with Crippen LogP contribution in [0.25, 0.3) is 0 Å². The Morgan fingerprint density at radius 1 is 1.21 bits per heavy atom. The second-order valence-corrected chi connectivity index (χ2v) is 3.42. The van der Waals surface area contributed by atoms with Crippen LogP contribution in [-0.2, 0) is 9.53 Å². The fraction of sp³-hybridized carbons (Fsp3) is 0.909. The maximum absolute atomic E-state index is 10.9. The lowest BCUT2D eigenvalue weighted by Crippen LogP contribution is -2.10. The highest BCUT2D eigenvalue weighted by molar-refractivity contribution is 5.77. The molecule has 0 fully saturated rings. The molecule has 0 radical (unpaired) electrons. The summed E-state index contributed by atoms with van der Waals surface area (Å²) in [6.45, 7) is 4.54. The van der Waals surface area contributed by atoms with Gasteiger partial charge in [-0.25, -0.2) is 0 Å². The average molecular weight is 201 g/mol. The molecule has 0 aliphatic rings. The third kappa shape index (κ3) is 9.68.